The van der Waals surface area contributed by atoms with Crippen molar-refractivity contribution in [2.24, 2.45) is 5.10 Å². The van der Waals surface area contributed by atoms with Crippen LogP contribution < -0.4 is 10.7 Å². The average Bonchev–Trinajstić information content (AvgIpc) is 2.61. The van der Waals surface area contributed by atoms with Gasteiger partial charge in [-0.15, -0.1) is 0 Å². The molecule has 0 aliphatic rings. The molecule has 0 aliphatic heterocycles. The number of benzene rings is 2. The number of carbonyl (C=O) groups excluding carboxylic acids is 2. The summed E-state index contributed by atoms with van der Waals surface area (Å²) in [5.41, 5.74) is 5.33. The zero-order valence-corrected chi connectivity index (χ0v) is 15.8. The first kappa shape index (κ1) is 18.9. The molecule has 2 rings (SSSR count). The summed E-state index contributed by atoms with van der Waals surface area (Å²) in [6, 6.07) is 14.4. The highest BCUT2D eigenvalue weighted by Gasteiger charge is 2.06. The highest BCUT2D eigenvalue weighted by atomic mass is 79.9. The number of amides is 2. The number of halogens is 1. The fourth-order valence-electron chi connectivity index (χ4n) is 2.11. The van der Waals surface area contributed by atoms with Gasteiger partial charge in [-0.25, -0.2) is 5.43 Å². The molecule has 0 saturated carbocycles. The normalized spacial score (nSPS) is 11.1. The highest BCUT2D eigenvalue weighted by molar-refractivity contribution is 9.10. The number of carbonyl (C=O) groups is 2. The molecule has 0 aliphatic carbocycles. The van der Waals surface area contributed by atoms with E-state index in [9.17, 15) is 9.59 Å². The van der Waals surface area contributed by atoms with E-state index in [2.05, 4.69) is 31.8 Å². The Labute approximate surface area is 155 Å². The molecule has 2 aromatic rings. The van der Waals surface area contributed by atoms with Crippen LogP contribution in [0.5, 0.6) is 0 Å². The van der Waals surface area contributed by atoms with Gasteiger partial charge >= 0.3 is 0 Å². The molecule has 0 unspecified atom stereocenters. The maximum absolute atomic E-state index is 12.2. The van der Waals surface area contributed by atoms with E-state index in [0.717, 1.165) is 16.5 Å². The summed E-state index contributed by atoms with van der Waals surface area (Å²) in [6.07, 6.45) is 1.27. The van der Waals surface area contributed by atoms with E-state index in [1.54, 1.807) is 24.3 Å². The number of nitrogens with zero attached hydrogens (tertiary/aromatic N) is 1. The van der Waals surface area contributed by atoms with Crippen LogP contribution in [0.3, 0.4) is 0 Å². The number of hydrogen-bond acceptors (Lipinski definition) is 3. The third kappa shape index (κ3) is 5.83. The van der Waals surface area contributed by atoms with E-state index in [1.807, 2.05) is 38.1 Å². The van der Waals surface area contributed by atoms with Gasteiger partial charge in [-0.1, -0.05) is 35.0 Å². The Morgan fingerprint density at radius 3 is 2.20 bits per heavy atom. The molecule has 0 bridgehead atoms. The number of nitrogens with one attached hydrogen (secondary N) is 2. The molecular weight excluding hydrogens is 382 g/mol. The smallest absolute Gasteiger partial charge is 0.271 e. The third-order valence-corrected chi connectivity index (χ3v) is 4.02. The monoisotopic (exact) mass is 401 g/mol. The van der Waals surface area contributed by atoms with Gasteiger partial charge in [-0.05, 0) is 55.3 Å². The Balaban J connectivity index is 1.97. The molecule has 130 valence electrons. The Morgan fingerprint density at radius 2 is 1.60 bits per heavy atom. The first-order chi connectivity index (χ1) is 12.0. The molecule has 0 radical (unpaired) electrons. The molecule has 0 heterocycles. The minimum absolute atomic E-state index is 0.0329. The number of rotatable bonds is 6. The minimum Gasteiger partial charge on any atom is -0.326 e. The second kappa shape index (κ2) is 9.13. The number of anilines is 1. The minimum atomic E-state index is -0.303. The first-order valence-electron chi connectivity index (χ1n) is 8.00. The lowest BCUT2D eigenvalue weighted by Gasteiger charge is -2.06. The molecule has 6 heteroatoms. The lowest BCUT2D eigenvalue weighted by Crippen LogP contribution is -2.19. The van der Waals surface area contributed by atoms with Crippen LogP contribution in [0.25, 0.3) is 0 Å². The molecular formula is C19H20BrN3O2. The van der Waals surface area contributed by atoms with Crippen molar-refractivity contribution >= 4 is 39.1 Å². The van der Waals surface area contributed by atoms with Crippen molar-refractivity contribution in [2.75, 3.05) is 5.32 Å². The molecule has 0 fully saturated rings. The zero-order chi connectivity index (χ0) is 18.2. The van der Waals surface area contributed by atoms with Crippen LogP contribution >= 0.6 is 15.9 Å². The van der Waals surface area contributed by atoms with Crippen molar-refractivity contribution in [3.8, 4) is 0 Å². The fraction of sp³-hybridized carbons (Fsp3) is 0.211. The van der Waals surface area contributed by atoms with Crippen LogP contribution in [0.15, 0.2) is 58.1 Å². The summed E-state index contributed by atoms with van der Waals surface area (Å²) in [7, 11) is 0. The van der Waals surface area contributed by atoms with E-state index in [-0.39, 0.29) is 11.8 Å². The summed E-state index contributed by atoms with van der Waals surface area (Å²) in [4.78, 5) is 23.7. The maximum atomic E-state index is 12.2. The topological polar surface area (TPSA) is 70.6 Å². The molecule has 2 N–H and O–H groups in total. The van der Waals surface area contributed by atoms with Gasteiger partial charge in [0.15, 0.2) is 0 Å². The molecule has 0 atom stereocenters. The zero-order valence-electron chi connectivity index (χ0n) is 14.2. The van der Waals surface area contributed by atoms with Crippen LogP contribution in [0.1, 0.15) is 42.6 Å². The van der Waals surface area contributed by atoms with E-state index < -0.39 is 0 Å². The second-order valence-corrected chi connectivity index (χ2v) is 6.44. The Kier molecular flexibility index (Phi) is 6.89. The molecule has 5 nitrogen and oxygen atoms in total. The van der Waals surface area contributed by atoms with E-state index >= 15 is 0 Å². The lowest BCUT2D eigenvalue weighted by molar-refractivity contribution is -0.116. The number of hydrazone groups is 1. The van der Waals surface area contributed by atoms with Gasteiger partial charge in [0.2, 0.25) is 5.91 Å². The molecule has 0 aromatic heterocycles. The van der Waals surface area contributed by atoms with Crippen LogP contribution in [0, 0.1) is 0 Å². The third-order valence-electron chi connectivity index (χ3n) is 3.50. The van der Waals surface area contributed by atoms with Gasteiger partial charge in [0, 0.05) is 22.1 Å². The van der Waals surface area contributed by atoms with Crippen molar-refractivity contribution in [3.63, 3.8) is 0 Å². The molecule has 0 saturated heterocycles. The van der Waals surface area contributed by atoms with Crippen molar-refractivity contribution in [2.45, 2.75) is 26.7 Å². The van der Waals surface area contributed by atoms with E-state index in [0.29, 0.717) is 23.4 Å². The van der Waals surface area contributed by atoms with Crippen molar-refractivity contribution in [1.29, 1.82) is 0 Å². The van der Waals surface area contributed by atoms with Crippen LogP contribution in [0.2, 0.25) is 0 Å². The summed E-state index contributed by atoms with van der Waals surface area (Å²) in [5.74, 6) is -0.336. The highest BCUT2D eigenvalue weighted by Crippen LogP contribution is 2.12. The first-order valence-corrected chi connectivity index (χ1v) is 8.79. The average molecular weight is 402 g/mol. The van der Waals surface area contributed by atoms with Crippen LogP contribution in [0.4, 0.5) is 5.69 Å². The Hall–Kier alpha value is -2.47. The van der Waals surface area contributed by atoms with Crippen molar-refractivity contribution < 1.29 is 9.59 Å². The van der Waals surface area contributed by atoms with Crippen molar-refractivity contribution in [3.05, 3.63) is 64.1 Å². The maximum Gasteiger partial charge on any atom is 0.271 e. The second-order valence-electron chi connectivity index (χ2n) is 5.52. The van der Waals surface area contributed by atoms with Gasteiger partial charge in [-0.3, -0.25) is 9.59 Å². The Bertz CT molecular complexity index is 768. The summed E-state index contributed by atoms with van der Waals surface area (Å²) < 4.78 is 0.985. The lowest BCUT2D eigenvalue weighted by atomic mass is 10.1. The molecule has 25 heavy (non-hydrogen) atoms. The number of hydrogen-bond donors (Lipinski definition) is 2. The predicted octanol–water partition coefficient (Wildman–Crippen LogP) is 4.34. The largest absolute Gasteiger partial charge is 0.326 e. The van der Waals surface area contributed by atoms with Gasteiger partial charge in [0.1, 0.15) is 0 Å². The molecule has 2 amide bonds. The summed E-state index contributed by atoms with van der Waals surface area (Å²) >= 11 is 3.38. The Morgan fingerprint density at radius 1 is 1.00 bits per heavy atom. The van der Waals surface area contributed by atoms with E-state index in [1.165, 1.54) is 0 Å². The summed E-state index contributed by atoms with van der Waals surface area (Å²) in [6.45, 7) is 3.78. The van der Waals surface area contributed by atoms with Gasteiger partial charge in [0.25, 0.3) is 5.91 Å². The molecule has 0 spiro atoms. The van der Waals surface area contributed by atoms with Gasteiger partial charge in [-0.2, -0.15) is 5.10 Å². The van der Waals surface area contributed by atoms with Crippen LogP contribution in [-0.2, 0) is 4.79 Å². The van der Waals surface area contributed by atoms with Gasteiger partial charge in [0.05, 0.1) is 5.71 Å². The fourth-order valence-corrected chi connectivity index (χ4v) is 2.37. The summed E-state index contributed by atoms with van der Waals surface area (Å²) in [5, 5.41) is 6.91. The quantitative estimate of drug-likeness (QED) is 0.558. The predicted molar refractivity (Wildman–Crippen MR) is 104 cm³/mol. The van der Waals surface area contributed by atoms with Crippen LogP contribution in [-0.4, -0.2) is 17.5 Å². The van der Waals surface area contributed by atoms with Crippen molar-refractivity contribution in [1.82, 2.24) is 5.43 Å². The van der Waals surface area contributed by atoms with Gasteiger partial charge < -0.3 is 5.32 Å². The van der Waals surface area contributed by atoms with E-state index in [4.69, 9.17) is 0 Å². The standard InChI is InChI=1S/C19H20BrN3O2/c1-3-4-18(24)21-17-11-7-15(8-12-17)19(25)23-22-13(2)14-5-9-16(20)10-6-14/h5-12H,3-4H2,1-2H3,(H,21,24)(H,23,25). The SMILES string of the molecule is CCCC(=O)Nc1ccc(C(=O)NN=C(C)c2ccc(Br)cc2)cc1. The molecule has 2 aromatic carbocycles.